The molecule has 1 unspecified atom stereocenters. The lowest BCUT2D eigenvalue weighted by atomic mass is 10.1. The molecule has 118 valence electrons. The first-order chi connectivity index (χ1) is 9.61. The van der Waals surface area contributed by atoms with Gasteiger partial charge in [0.05, 0.1) is 25.2 Å². The molecular weight excluding hydrogens is 314 g/mol. The first kappa shape index (κ1) is 18.1. The summed E-state index contributed by atoms with van der Waals surface area (Å²) in [6.07, 6.45) is 0.159. The minimum atomic E-state index is -0.515. The first-order valence-corrected chi connectivity index (χ1v) is 7.42. The number of rotatable bonds is 5. The van der Waals surface area contributed by atoms with Gasteiger partial charge in [-0.15, -0.1) is 23.7 Å². The van der Waals surface area contributed by atoms with Gasteiger partial charge in [0, 0.05) is 24.4 Å². The predicted molar refractivity (Wildman–Crippen MR) is 83.4 cm³/mol. The van der Waals surface area contributed by atoms with Crippen LogP contribution in [0.2, 0.25) is 0 Å². The standard InChI is InChI=1S/C14H19NO4S.ClH/c1-10-3-4-13(20-10)12(16)9-11(14(17)18-2)15-5-7-19-8-6-15;/h3-4,11H,5-9H2,1-2H3;1H. The number of ketones is 1. The van der Waals surface area contributed by atoms with Gasteiger partial charge in [-0.05, 0) is 19.1 Å². The Morgan fingerprint density at radius 3 is 2.57 bits per heavy atom. The van der Waals surface area contributed by atoms with Crippen LogP contribution in [-0.2, 0) is 14.3 Å². The third-order valence-electron chi connectivity index (χ3n) is 3.35. The molecule has 0 aromatic carbocycles. The summed E-state index contributed by atoms with van der Waals surface area (Å²) in [5, 5.41) is 0. The summed E-state index contributed by atoms with van der Waals surface area (Å²) < 4.78 is 10.1. The number of aryl methyl sites for hydroxylation is 1. The fourth-order valence-corrected chi connectivity index (χ4v) is 3.06. The molecule has 1 aliphatic rings. The summed E-state index contributed by atoms with van der Waals surface area (Å²) in [6.45, 7) is 4.42. The van der Waals surface area contributed by atoms with Crippen molar-refractivity contribution in [3.8, 4) is 0 Å². The fraction of sp³-hybridized carbons (Fsp3) is 0.571. The van der Waals surface area contributed by atoms with E-state index in [1.54, 1.807) is 0 Å². The molecular formula is C14H20ClNO4S. The van der Waals surface area contributed by atoms with Gasteiger partial charge in [-0.25, -0.2) is 0 Å². The Morgan fingerprint density at radius 1 is 1.38 bits per heavy atom. The molecule has 1 aliphatic heterocycles. The highest BCUT2D eigenvalue weighted by Crippen LogP contribution is 2.19. The van der Waals surface area contributed by atoms with Crippen molar-refractivity contribution in [2.45, 2.75) is 19.4 Å². The maximum absolute atomic E-state index is 12.3. The number of Topliss-reactive ketones (excluding diaryl/α,β-unsaturated/α-hetero) is 1. The Hall–Kier alpha value is -0.950. The van der Waals surface area contributed by atoms with Crippen molar-refractivity contribution in [3.05, 3.63) is 21.9 Å². The molecule has 1 atom stereocenters. The Labute approximate surface area is 134 Å². The maximum atomic E-state index is 12.3. The lowest BCUT2D eigenvalue weighted by Crippen LogP contribution is -2.48. The summed E-state index contributed by atoms with van der Waals surface area (Å²) in [5.41, 5.74) is 0. The van der Waals surface area contributed by atoms with Crippen molar-refractivity contribution in [2.24, 2.45) is 0 Å². The molecule has 5 nitrogen and oxygen atoms in total. The van der Waals surface area contributed by atoms with E-state index < -0.39 is 6.04 Å². The number of hydrogen-bond donors (Lipinski definition) is 0. The lowest BCUT2D eigenvalue weighted by Gasteiger charge is -2.32. The summed E-state index contributed by atoms with van der Waals surface area (Å²) in [5.74, 6) is -0.362. The van der Waals surface area contributed by atoms with Crippen LogP contribution in [0.15, 0.2) is 12.1 Å². The zero-order chi connectivity index (χ0) is 14.5. The number of carbonyl (C=O) groups is 2. The van der Waals surface area contributed by atoms with Gasteiger partial charge in [-0.2, -0.15) is 0 Å². The van der Waals surface area contributed by atoms with Gasteiger partial charge in [0.1, 0.15) is 6.04 Å². The second kappa shape index (κ2) is 8.48. The normalized spacial score (nSPS) is 16.9. The quantitative estimate of drug-likeness (QED) is 0.608. The summed E-state index contributed by atoms with van der Waals surface area (Å²) in [4.78, 5) is 28.0. The fourth-order valence-electron chi connectivity index (χ4n) is 2.25. The van der Waals surface area contributed by atoms with Gasteiger partial charge in [0.15, 0.2) is 5.78 Å². The van der Waals surface area contributed by atoms with E-state index in [0.717, 1.165) is 4.88 Å². The van der Waals surface area contributed by atoms with Crippen LogP contribution in [0.5, 0.6) is 0 Å². The number of ether oxygens (including phenoxy) is 2. The summed E-state index contributed by atoms with van der Waals surface area (Å²) >= 11 is 1.46. The van der Waals surface area contributed by atoms with Crippen molar-refractivity contribution in [2.75, 3.05) is 33.4 Å². The number of carbonyl (C=O) groups excluding carboxylic acids is 2. The van der Waals surface area contributed by atoms with Crippen LogP contribution in [0.25, 0.3) is 0 Å². The second-order valence-electron chi connectivity index (χ2n) is 4.72. The molecule has 1 aromatic rings. The highest BCUT2D eigenvalue weighted by Gasteiger charge is 2.30. The van der Waals surface area contributed by atoms with Gasteiger partial charge < -0.3 is 9.47 Å². The van der Waals surface area contributed by atoms with Gasteiger partial charge in [0.25, 0.3) is 0 Å². The SMILES string of the molecule is COC(=O)C(CC(=O)c1ccc(C)s1)N1CCOCC1.Cl. The van der Waals surface area contributed by atoms with E-state index in [9.17, 15) is 9.59 Å². The van der Waals surface area contributed by atoms with Crippen molar-refractivity contribution < 1.29 is 19.1 Å². The molecule has 0 spiro atoms. The number of hydrogen-bond acceptors (Lipinski definition) is 6. The van der Waals surface area contributed by atoms with E-state index in [0.29, 0.717) is 31.2 Å². The van der Waals surface area contributed by atoms with Crippen LogP contribution >= 0.6 is 23.7 Å². The van der Waals surface area contributed by atoms with Crippen LogP contribution in [0.4, 0.5) is 0 Å². The molecule has 0 N–H and O–H groups in total. The molecule has 1 aromatic heterocycles. The van der Waals surface area contributed by atoms with E-state index in [2.05, 4.69) is 0 Å². The van der Waals surface area contributed by atoms with Crippen LogP contribution in [0.3, 0.4) is 0 Å². The number of methoxy groups -OCH3 is 1. The minimum absolute atomic E-state index is 0. The lowest BCUT2D eigenvalue weighted by molar-refractivity contribution is -0.148. The molecule has 21 heavy (non-hydrogen) atoms. The molecule has 0 radical (unpaired) electrons. The van der Waals surface area contributed by atoms with Gasteiger partial charge in [-0.1, -0.05) is 0 Å². The molecule has 0 amide bonds. The van der Waals surface area contributed by atoms with Gasteiger partial charge in [0.2, 0.25) is 0 Å². The number of halogens is 1. The topological polar surface area (TPSA) is 55.8 Å². The zero-order valence-electron chi connectivity index (χ0n) is 12.2. The van der Waals surface area contributed by atoms with Crippen LogP contribution in [-0.4, -0.2) is 56.1 Å². The predicted octanol–water partition coefficient (Wildman–Crippen LogP) is 1.92. The van der Waals surface area contributed by atoms with E-state index in [1.165, 1.54) is 18.4 Å². The van der Waals surface area contributed by atoms with Crippen molar-refractivity contribution in [1.29, 1.82) is 0 Å². The second-order valence-corrected chi connectivity index (χ2v) is 6.01. The van der Waals surface area contributed by atoms with E-state index in [1.807, 2.05) is 24.0 Å². The monoisotopic (exact) mass is 333 g/mol. The van der Waals surface area contributed by atoms with Crippen molar-refractivity contribution in [3.63, 3.8) is 0 Å². The molecule has 7 heteroatoms. The van der Waals surface area contributed by atoms with E-state index in [-0.39, 0.29) is 30.6 Å². The van der Waals surface area contributed by atoms with E-state index >= 15 is 0 Å². The van der Waals surface area contributed by atoms with Gasteiger partial charge >= 0.3 is 5.97 Å². The zero-order valence-corrected chi connectivity index (χ0v) is 13.8. The first-order valence-electron chi connectivity index (χ1n) is 6.61. The third kappa shape index (κ3) is 4.78. The third-order valence-corrected chi connectivity index (χ3v) is 4.40. The molecule has 0 aliphatic carbocycles. The highest BCUT2D eigenvalue weighted by atomic mass is 35.5. The number of morpholine rings is 1. The smallest absolute Gasteiger partial charge is 0.323 e. The van der Waals surface area contributed by atoms with E-state index in [4.69, 9.17) is 9.47 Å². The number of nitrogens with zero attached hydrogens (tertiary/aromatic N) is 1. The molecule has 0 bridgehead atoms. The number of thiophene rings is 1. The van der Waals surface area contributed by atoms with Crippen LogP contribution in [0, 0.1) is 6.92 Å². The number of esters is 1. The summed E-state index contributed by atoms with van der Waals surface area (Å²) in [7, 11) is 1.36. The average molecular weight is 334 g/mol. The van der Waals surface area contributed by atoms with Crippen molar-refractivity contribution in [1.82, 2.24) is 4.90 Å². The molecule has 2 rings (SSSR count). The Kier molecular flexibility index (Phi) is 7.31. The Morgan fingerprint density at radius 2 is 2.05 bits per heavy atom. The van der Waals surface area contributed by atoms with Crippen LogP contribution in [0.1, 0.15) is 21.0 Å². The molecule has 1 saturated heterocycles. The Bertz CT molecular complexity index is 485. The molecule has 2 heterocycles. The van der Waals surface area contributed by atoms with Gasteiger partial charge in [-0.3, -0.25) is 14.5 Å². The highest BCUT2D eigenvalue weighted by molar-refractivity contribution is 7.14. The summed E-state index contributed by atoms with van der Waals surface area (Å²) in [6, 6.07) is 3.22. The molecule has 1 fully saturated rings. The minimum Gasteiger partial charge on any atom is -0.468 e. The van der Waals surface area contributed by atoms with Crippen LogP contribution < -0.4 is 0 Å². The van der Waals surface area contributed by atoms with Crippen molar-refractivity contribution >= 4 is 35.5 Å². The maximum Gasteiger partial charge on any atom is 0.323 e. The average Bonchev–Trinajstić information content (AvgIpc) is 2.91. The Balaban J connectivity index is 0.00000220. The largest absolute Gasteiger partial charge is 0.468 e. The molecule has 0 saturated carbocycles.